The number of amides is 1. The van der Waals surface area contributed by atoms with Gasteiger partial charge >= 0.3 is 0 Å². The molecule has 0 bridgehead atoms. The van der Waals surface area contributed by atoms with Gasteiger partial charge in [-0.15, -0.1) is 11.3 Å². The van der Waals surface area contributed by atoms with Gasteiger partial charge in [-0.2, -0.15) is 0 Å². The van der Waals surface area contributed by atoms with Crippen LogP contribution < -0.4 is 10.9 Å². The molecule has 1 aromatic carbocycles. The minimum absolute atomic E-state index is 0.0674. The smallest absolute Gasteiger partial charge is 0.258 e. The van der Waals surface area contributed by atoms with Crippen molar-refractivity contribution in [2.75, 3.05) is 11.9 Å². The van der Waals surface area contributed by atoms with Gasteiger partial charge < -0.3 is 15.0 Å². The number of nitrogens with zero attached hydrogens (tertiary/aromatic N) is 3. The summed E-state index contributed by atoms with van der Waals surface area (Å²) in [6.45, 7) is 1.78. The Morgan fingerprint density at radius 3 is 2.86 bits per heavy atom. The fourth-order valence-corrected chi connectivity index (χ4v) is 5.97. The van der Waals surface area contributed by atoms with E-state index in [0.29, 0.717) is 22.9 Å². The molecule has 2 N–H and O–H groups in total. The number of pyridine rings is 1. The van der Waals surface area contributed by atoms with Crippen molar-refractivity contribution in [1.29, 1.82) is 0 Å². The van der Waals surface area contributed by atoms with Crippen LogP contribution in [0.2, 0.25) is 0 Å². The van der Waals surface area contributed by atoms with E-state index in [2.05, 4.69) is 10.3 Å². The molecular weight excluding hydrogens is 474 g/mol. The van der Waals surface area contributed by atoms with Gasteiger partial charge in [-0.25, -0.2) is 13.8 Å². The number of nitrogens with one attached hydrogen (secondary N) is 1. The topological polar surface area (TPSA) is 87.5 Å². The number of aliphatic hydroxyl groups excluding tert-OH is 1. The Balaban J connectivity index is 1.60. The molecule has 35 heavy (non-hydrogen) atoms. The normalized spacial score (nSPS) is 23.5. The first kappa shape index (κ1) is 23.5. The van der Waals surface area contributed by atoms with E-state index in [1.807, 2.05) is 13.0 Å². The number of aromatic nitrogens is 2. The third kappa shape index (κ3) is 4.11. The van der Waals surface area contributed by atoms with Crippen LogP contribution in [0, 0.1) is 23.5 Å². The maximum Gasteiger partial charge on any atom is 0.258 e. The number of rotatable bonds is 6. The highest BCUT2D eigenvalue weighted by Crippen LogP contribution is 2.50. The maximum atomic E-state index is 14.7. The van der Waals surface area contributed by atoms with Crippen LogP contribution in [0.25, 0.3) is 6.08 Å². The van der Waals surface area contributed by atoms with E-state index in [1.54, 1.807) is 39.3 Å². The van der Waals surface area contributed by atoms with Crippen molar-refractivity contribution >= 4 is 28.5 Å². The lowest BCUT2D eigenvalue weighted by Gasteiger charge is -2.30. The summed E-state index contributed by atoms with van der Waals surface area (Å²) in [4.78, 5) is 32.4. The molecule has 182 valence electrons. The van der Waals surface area contributed by atoms with Crippen molar-refractivity contribution < 1.29 is 18.7 Å². The number of benzene rings is 1. The van der Waals surface area contributed by atoms with Gasteiger partial charge in [0.05, 0.1) is 12.1 Å². The minimum Gasteiger partial charge on any atom is -0.396 e. The Hall–Kier alpha value is -3.21. The van der Waals surface area contributed by atoms with Crippen molar-refractivity contribution in [3.05, 3.63) is 86.8 Å². The molecule has 7 nitrogen and oxygen atoms in total. The highest BCUT2D eigenvalue weighted by atomic mass is 32.1. The molecule has 4 heterocycles. The molecule has 1 fully saturated rings. The van der Waals surface area contributed by atoms with Gasteiger partial charge in [0, 0.05) is 59.9 Å². The summed E-state index contributed by atoms with van der Waals surface area (Å²) < 4.78 is 30.3. The third-order valence-electron chi connectivity index (χ3n) is 6.86. The van der Waals surface area contributed by atoms with Gasteiger partial charge in [-0.3, -0.25) is 14.5 Å². The lowest BCUT2D eigenvalue weighted by Crippen LogP contribution is -2.45. The SMILES string of the molecule is C/C=C/c1ccc2n(c1=O)C[C@@H]1[C@@H](CO)[C@H](C(=O)Nc3nccs3)N(Cc3cc(F)ccc3F)[C@H]21. The second-order valence-electron chi connectivity index (χ2n) is 8.76. The number of fused-ring (bicyclic) bond motifs is 3. The average molecular weight is 499 g/mol. The second kappa shape index (κ2) is 9.44. The molecule has 1 amide bonds. The number of likely N-dealkylation sites (tertiary alicyclic amines) is 1. The second-order valence-corrected chi connectivity index (χ2v) is 9.66. The van der Waals surface area contributed by atoms with E-state index < -0.39 is 29.6 Å². The fourth-order valence-electron chi connectivity index (χ4n) is 5.43. The summed E-state index contributed by atoms with van der Waals surface area (Å²) >= 11 is 1.26. The molecule has 5 rings (SSSR count). The summed E-state index contributed by atoms with van der Waals surface area (Å²) in [6.07, 6.45) is 5.09. The van der Waals surface area contributed by atoms with E-state index in [1.165, 1.54) is 11.3 Å². The third-order valence-corrected chi connectivity index (χ3v) is 7.55. The first-order valence-electron chi connectivity index (χ1n) is 11.3. The zero-order valence-electron chi connectivity index (χ0n) is 18.9. The number of thiazole rings is 1. The zero-order chi connectivity index (χ0) is 24.7. The van der Waals surface area contributed by atoms with Crippen LogP contribution in [0.15, 0.2) is 52.8 Å². The molecule has 0 saturated carbocycles. The van der Waals surface area contributed by atoms with Gasteiger partial charge in [-0.1, -0.05) is 12.2 Å². The van der Waals surface area contributed by atoms with E-state index in [0.717, 1.165) is 18.2 Å². The van der Waals surface area contributed by atoms with Crippen molar-refractivity contribution in [1.82, 2.24) is 14.5 Å². The van der Waals surface area contributed by atoms with Crippen LogP contribution in [-0.4, -0.2) is 38.1 Å². The van der Waals surface area contributed by atoms with Crippen molar-refractivity contribution in [2.45, 2.75) is 32.1 Å². The highest BCUT2D eigenvalue weighted by molar-refractivity contribution is 7.13. The Bertz CT molecular complexity index is 1340. The van der Waals surface area contributed by atoms with Crippen molar-refractivity contribution in [2.24, 2.45) is 11.8 Å². The minimum atomic E-state index is -0.833. The summed E-state index contributed by atoms with van der Waals surface area (Å²) in [5.41, 5.74) is 1.17. The Labute approximate surface area is 204 Å². The lowest BCUT2D eigenvalue weighted by molar-refractivity contribution is -0.122. The van der Waals surface area contributed by atoms with Gasteiger partial charge in [0.1, 0.15) is 11.6 Å². The summed E-state index contributed by atoms with van der Waals surface area (Å²) in [5.74, 6) is -2.35. The largest absolute Gasteiger partial charge is 0.396 e. The molecule has 2 aromatic heterocycles. The van der Waals surface area contributed by atoms with Crippen LogP contribution in [0.3, 0.4) is 0 Å². The van der Waals surface area contributed by atoms with Crippen LogP contribution in [-0.2, 0) is 17.9 Å². The number of anilines is 1. The average Bonchev–Trinajstić information content (AvgIpc) is 3.54. The Morgan fingerprint density at radius 1 is 1.31 bits per heavy atom. The predicted molar refractivity (Wildman–Crippen MR) is 129 cm³/mol. The van der Waals surface area contributed by atoms with Crippen LogP contribution >= 0.6 is 11.3 Å². The molecule has 10 heteroatoms. The summed E-state index contributed by atoms with van der Waals surface area (Å²) in [5, 5.41) is 15.3. The molecule has 1 saturated heterocycles. The molecular formula is C25H24F2N4O3S. The zero-order valence-corrected chi connectivity index (χ0v) is 19.7. The van der Waals surface area contributed by atoms with Crippen molar-refractivity contribution in [3.63, 3.8) is 0 Å². The number of carbonyl (C=O) groups is 1. The highest BCUT2D eigenvalue weighted by Gasteiger charge is 2.55. The fraction of sp³-hybridized carbons (Fsp3) is 0.320. The van der Waals surface area contributed by atoms with Crippen LogP contribution in [0.4, 0.5) is 13.9 Å². The lowest BCUT2D eigenvalue weighted by atomic mass is 9.88. The summed E-state index contributed by atoms with van der Waals surface area (Å²) in [6, 6.07) is 5.52. The van der Waals surface area contributed by atoms with Gasteiger partial charge in [0.2, 0.25) is 5.91 Å². The number of halogens is 2. The molecule has 2 aliphatic rings. The number of hydrogen-bond donors (Lipinski definition) is 2. The first-order valence-corrected chi connectivity index (χ1v) is 12.2. The van der Waals surface area contributed by atoms with E-state index in [-0.39, 0.29) is 36.1 Å². The Kier molecular flexibility index (Phi) is 6.35. The van der Waals surface area contributed by atoms with Crippen LogP contribution in [0.5, 0.6) is 0 Å². The van der Waals surface area contributed by atoms with Gasteiger partial charge in [0.15, 0.2) is 5.13 Å². The quantitative estimate of drug-likeness (QED) is 0.544. The van der Waals surface area contributed by atoms with Gasteiger partial charge in [0.25, 0.3) is 5.56 Å². The molecule has 2 aliphatic heterocycles. The molecule has 0 radical (unpaired) electrons. The molecule has 3 aromatic rings. The number of allylic oxidation sites excluding steroid dienone is 1. The Morgan fingerprint density at radius 2 is 2.14 bits per heavy atom. The van der Waals surface area contributed by atoms with E-state index >= 15 is 0 Å². The molecule has 4 atom stereocenters. The van der Waals surface area contributed by atoms with Crippen LogP contribution in [0.1, 0.15) is 29.8 Å². The number of aliphatic hydroxyl groups is 1. The molecule has 0 aliphatic carbocycles. The standard InChI is InChI=1S/C25H24F2N4O3S/c1-2-3-14-4-7-20-21-17(12-30(20)24(14)34)18(13-32)22(23(33)29-25-28-8-9-35-25)31(21)11-15-10-16(26)5-6-19(15)27/h2-10,17-18,21-22,32H,11-13H2,1H3,(H,28,29,33)/b3-2+/t17-,18-,21+,22-/m1/s1. The summed E-state index contributed by atoms with van der Waals surface area (Å²) in [7, 11) is 0. The maximum absolute atomic E-state index is 14.7. The van der Waals surface area contributed by atoms with E-state index in [9.17, 15) is 23.5 Å². The first-order chi connectivity index (χ1) is 16.9. The predicted octanol–water partition coefficient (Wildman–Crippen LogP) is 3.42. The monoisotopic (exact) mass is 498 g/mol. The number of carbonyl (C=O) groups excluding carboxylic acids is 1. The molecule has 0 unspecified atom stereocenters. The van der Waals surface area contributed by atoms with E-state index in [4.69, 9.17) is 0 Å². The van der Waals surface area contributed by atoms with Crippen molar-refractivity contribution in [3.8, 4) is 0 Å². The molecule has 0 spiro atoms. The van der Waals surface area contributed by atoms with Gasteiger partial charge in [-0.05, 0) is 37.3 Å². The number of hydrogen-bond acceptors (Lipinski definition) is 6.